The Bertz CT molecular complexity index is 293. The van der Waals surface area contributed by atoms with Crippen LogP contribution < -0.4 is 4.90 Å². The molecule has 0 heterocycles. The minimum atomic E-state index is -0.00854. The largest absolute Gasteiger partial charge is 0.366 e. The Morgan fingerprint density at radius 1 is 1.06 bits per heavy atom. The minimum Gasteiger partial charge on any atom is -0.366 e. The van der Waals surface area contributed by atoms with E-state index in [1.807, 2.05) is 6.07 Å². The Morgan fingerprint density at radius 2 is 1.75 bits per heavy atom. The average Bonchev–Trinajstić information content (AvgIpc) is 2.38. The molecule has 0 aromatic heterocycles. The fraction of sp³-hybridized carbons (Fsp3) is 0.571. The van der Waals surface area contributed by atoms with Gasteiger partial charge in [0.05, 0.1) is 6.61 Å². The number of anilines is 1. The molecule has 0 unspecified atom stereocenters. The fourth-order valence-electron chi connectivity index (χ4n) is 2.63. The zero-order valence-corrected chi connectivity index (χ0v) is 9.77. The van der Waals surface area contributed by atoms with E-state index < -0.39 is 0 Å². The average molecular weight is 218 g/mol. The number of benzene rings is 1. The van der Waals surface area contributed by atoms with Crippen LogP contribution in [0.1, 0.15) is 32.1 Å². The van der Waals surface area contributed by atoms with Crippen molar-refractivity contribution in [3.05, 3.63) is 30.3 Å². The molecule has 1 aromatic rings. The first kappa shape index (κ1) is 11.5. The summed E-state index contributed by atoms with van der Waals surface area (Å²) in [6.45, 7) is 0.639. The number of nitrogens with zero attached hydrogens (tertiary/aromatic N) is 1. The summed E-state index contributed by atoms with van der Waals surface area (Å²) in [5, 5.41) is 10.9. The van der Waals surface area contributed by atoms with Gasteiger partial charge in [0.25, 0.3) is 0 Å². The molecular formula is C14H20NO. The van der Waals surface area contributed by atoms with Crippen LogP contribution in [-0.4, -0.2) is 19.2 Å². The van der Waals surface area contributed by atoms with Crippen LogP contribution in [0.3, 0.4) is 0 Å². The van der Waals surface area contributed by atoms with E-state index in [-0.39, 0.29) is 6.61 Å². The van der Waals surface area contributed by atoms with Crippen molar-refractivity contribution in [3.8, 4) is 0 Å². The quantitative estimate of drug-likeness (QED) is 0.760. The van der Waals surface area contributed by atoms with E-state index in [9.17, 15) is 5.11 Å². The van der Waals surface area contributed by atoms with Gasteiger partial charge < -0.3 is 4.90 Å². The van der Waals surface area contributed by atoms with Crippen molar-refractivity contribution in [2.24, 2.45) is 0 Å². The zero-order valence-electron chi connectivity index (χ0n) is 9.77. The van der Waals surface area contributed by atoms with Crippen molar-refractivity contribution in [3.63, 3.8) is 0 Å². The molecule has 1 saturated carbocycles. The predicted octanol–water partition coefficient (Wildman–Crippen LogP) is 3.26. The van der Waals surface area contributed by atoms with Crippen LogP contribution in [-0.2, 0) is 5.11 Å². The second-order valence-corrected chi connectivity index (χ2v) is 4.52. The second kappa shape index (κ2) is 5.90. The Labute approximate surface area is 97.9 Å². The molecule has 2 nitrogen and oxygen atoms in total. The molecule has 1 aliphatic rings. The third kappa shape index (κ3) is 2.76. The van der Waals surface area contributed by atoms with Crippen molar-refractivity contribution >= 4 is 5.69 Å². The summed E-state index contributed by atoms with van der Waals surface area (Å²) in [4.78, 5) is 2.31. The van der Waals surface area contributed by atoms with Gasteiger partial charge in [-0.15, -0.1) is 0 Å². The minimum absolute atomic E-state index is 0.00854. The molecule has 0 amide bonds. The van der Waals surface area contributed by atoms with Gasteiger partial charge in [0.1, 0.15) is 0 Å². The lowest BCUT2D eigenvalue weighted by Gasteiger charge is -2.35. The van der Waals surface area contributed by atoms with Crippen LogP contribution in [0.25, 0.3) is 0 Å². The molecule has 1 radical (unpaired) electrons. The predicted molar refractivity (Wildman–Crippen MR) is 66.2 cm³/mol. The smallest absolute Gasteiger partial charge is 0.0997 e. The van der Waals surface area contributed by atoms with E-state index >= 15 is 0 Å². The van der Waals surface area contributed by atoms with Crippen LogP contribution >= 0.6 is 0 Å². The molecule has 0 N–H and O–H groups in total. The highest BCUT2D eigenvalue weighted by molar-refractivity contribution is 5.47. The molecule has 1 aliphatic carbocycles. The van der Waals surface area contributed by atoms with Crippen molar-refractivity contribution in [1.29, 1.82) is 0 Å². The molecule has 2 heteroatoms. The summed E-state index contributed by atoms with van der Waals surface area (Å²) >= 11 is 0. The Balaban J connectivity index is 2.09. The molecule has 1 aromatic carbocycles. The van der Waals surface area contributed by atoms with E-state index in [1.54, 1.807) is 0 Å². The molecule has 0 saturated heterocycles. The van der Waals surface area contributed by atoms with Crippen LogP contribution in [0, 0.1) is 0 Å². The van der Waals surface area contributed by atoms with Gasteiger partial charge in [-0.3, -0.25) is 0 Å². The maximum atomic E-state index is 10.9. The van der Waals surface area contributed by atoms with Crippen LogP contribution in [0.15, 0.2) is 30.3 Å². The molecule has 87 valence electrons. The van der Waals surface area contributed by atoms with Gasteiger partial charge >= 0.3 is 0 Å². The molecular weight excluding hydrogens is 198 g/mol. The van der Waals surface area contributed by atoms with Crippen molar-refractivity contribution in [2.45, 2.75) is 38.1 Å². The number of hydrogen-bond donors (Lipinski definition) is 0. The molecule has 1 fully saturated rings. The number of hydrogen-bond acceptors (Lipinski definition) is 1. The first-order valence-electron chi connectivity index (χ1n) is 6.31. The molecule has 0 aliphatic heterocycles. The summed E-state index contributed by atoms with van der Waals surface area (Å²) in [7, 11) is 0. The summed E-state index contributed by atoms with van der Waals surface area (Å²) in [6, 6.07) is 10.9. The van der Waals surface area contributed by atoms with Crippen molar-refractivity contribution in [1.82, 2.24) is 0 Å². The van der Waals surface area contributed by atoms with Crippen LogP contribution in [0.2, 0.25) is 0 Å². The van der Waals surface area contributed by atoms with Gasteiger partial charge in [0, 0.05) is 18.3 Å². The van der Waals surface area contributed by atoms with Crippen LogP contribution in [0.5, 0.6) is 0 Å². The lowest BCUT2D eigenvalue weighted by atomic mass is 9.94. The summed E-state index contributed by atoms with van der Waals surface area (Å²) in [6.07, 6.45) is 6.47. The molecule has 16 heavy (non-hydrogen) atoms. The zero-order chi connectivity index (χ0) is 11.2. The fourth-order valence-corrected chi connectivity index (χ4v) is 2.63. The van der Waals surface area contributed by atoms with E-state index in [1.165, 1.54) is 37.8 Å². The highest BCUT2D eigenvalue weighted by Gasteiger charge is 2.20. The summed E-state index contributed by atoms with van der Waals surface area (Å²) in [5.41, 5.74) is 1.21. The lowest BCUT2D eigenvalue weighted by Crippen LogP contribution is -2.38. The summed E-state index contributed by atoms with van der Waals surface area (Å²) < 4.78 is 0. The van der Waals surface area contributed by atoms with Gasteiger partial charge in [-0.05, 0) is 25.0 Å². The van der Waals surface area contributed by atoms with E-state index in [4.69, 9.17) is 0 Å². The molecule has 0 atom stereocenters. The first-order chi connectivity index (χ1) is 7.92. The maximum Gasteiger partial charge on any atom is 0.0997 e. The normalized spacial score (nSPS) is 17.3. The van der Waals surface area contributed by atoms with Gasteiger partial charge in [-0.1, -0.05) is 37.5 Å². The number of rotatable bonds is 4. The third-order valence-electron chi connectivity index (χ3n) is 3.44. The third-order valence-corrected chi connectivity index (χ3v) is 3.44. The lowest BCUT2D eigenvalue weighted by molar-refractivity contribution is 0.196. The van der Waals surface area contributed by atoms with Gasteiger partial charge in [0.2, 0.25) is 0 Å². The topological polar surface area (TPSA) is 23.1 Å². The Hall–Kier alpha value is -1.02. The summed E-state index contributed by atoms with van der Waals surface area (Å²) in [5.74, 6) is 0. The van der Waals surface area contributed by atoms with Crippen molar-refractivity contribution < 1.29 is 5.11 Å². The molecule has 2 rings (SSSR count). The first-order valence-corrected chi connectivity index (χ1v) is 6.31. The second-order valence-electron chi connectivity index (χ2n) is 4.52. The highest BCUT2D eigenvalue weighted by Crippen LogP contribution is 2.26. The maximum absolute atomic E-state index is 10.9. The van der Waals surface area contributed by atoms with Gasteiger partial charge in [0.15, 0.2) is 0 Å². The van der Waals surface area contributed by atoms with Gasteiger partial charge in [-0.2, -0.15) is 0 Å². The van der Waals surface area contributed by atoms with Crippen molar-refractivity contribution in [2.75, 3.05) is 18.1 Å². The van der Waals surface area contributed by atoms with E-state index in [0.717, 1.165) is 0 Å². The standard InChI is InChI=1S/C14H20NO/c16-12-11-15(13-7-3-1-4-8-13)14-9-5-2-6-10-14/h1,3-4,7-8,14H,2,5-6,9-12H2. The Kier molecular flexibility index (Phi) is 4.23. The molecule has 0 bridgehead atoms. The monoisotopic (exact) mass is 218 g/mol. The van der Waals surface area contributed by atoms with E-state index in [2.05, 4.69) is 29.2 Å². The number of para-hydroxylation sites is 1. The molecule has 0 spiro atoms. The SMILES string of the molecule is [O]CCN(c1ccccc1)C1CCCCC1. The van der Waals surface area contributed by atoms with Crippen LogP contribution in [0.4, 0.5) is 5.69 Å². The van der Waals surface area contributed by atoms with E-state index in [0.29, 0.717) is 12.6 Å². The van der Waals surface area contributed by atoms with Gasteiger partial charge in [-0.25, -0.2) is 5.11 Å². The highest BCUT2D eigenvalue weighted by atomic mass is 16.3. The Morgan fingerprint density at radius 3 is 2.38 bits per heavy atom.